The van der Waals surface area contributed by atoms with Gasteiger partial charge in [-0.3, -0.25) is 4.90 Å². The number of rotatable bonds is 4. The van der Waals surface area contributed by atoms with E-state index in [2.05, 4.69) is 36.1 Å². The fraction of sp³-hybridized carbons (Fsp3) is 0.667. The number of benzene rings is 1. The van der Waals surface area contributed by atoms with Crippen LogP contribution in [0.15, 0.2) is 24.3 Å². The number of hydrogen-bond donors (Lipinski definition) is 1. The lowest BCUT2D eigenvalue weighted by Crippen LogP contribution is -2.37. The Hall–Kier alpha value is -0.860. The lowest BCUT2D eigenvalue weighted by atomic mass is 9.86. The molecule has 0 aromatic heterocycles. The third-order valence-electron chi connectivity index (χ3n) is 5.12. The second kappa shape index (κ2) is 6.28. The Kier molecular flexibility index (Phi) is 4.42. The topological polar surface area (TPSA) is 29.3 Å². The van der Waals surface area contributed by atoms with E-state index < -0.39 is 0 Å². The van der Waals surface area contributed by atoms with E-state index in [0.717, 1.165) is 19.0 Å². The molecule has 2 heteroatoms. The van der Waals surface area contributed by atoms with E-state index in [1.54, 1.807) is 5.56 Å². The van der Waals surface area contributed by atoms with Crippen LogP contribution in [0.4, 0.5) is 0 Å². The Morgan fingerprint density at radius 3 is 2.65 bits per heavy atom. The van der Waals surface area contributed by atoms with Crippen molar-refractivity contribution in [2.24, 2.45) is 11.7 Å². The minimum absolute atomic E-state index is 0.561. The van der Waals surface area contributed by atoms with Gasteiger partial charge in [0.2, 0.25) is 0 Å². The van der Waals surface area contributed by atoms with Crippen LogP contribution >= 0.6 is 0 Å². The molecule has 2 fully saturated rings. The maximum atomic E-state index is 6.15. The Balaban J connectivity index is 1.98. The molecule has 0 radical (unpaired) electrons. The number of nitrogens with two attached hydrogens (primary N) is 1. The molecule has 3 rings (SSSR count). The summed E-state index contributed by atoms with van der Waals surface area (Å²) in [5, 5.41) is 0. The number of aryl methyl sites for hydroxylation is 1. The van der Waals surface area contributed by atoms with Crippen molar-refractivity contribution in [1.29, 1.82) is 0 Å². The van der Waals surface area contributed by atoms with Crippen molar-refractivity contribution < 1.29 is 0 Å². The van der Waals surface area contributed by atoms with Gasteiger partial charge in [-0.25, -0.2) is 0 Å². The summed E-state index contributed by atoms with van der Waals surface area (Å²) >= 11 is 0. The van der Waals surface area contributed by atoms with Gasteiger partial charge in [0.15, 0.2) is 0 Å². The van der Waals surface area contributed by atoms with E-state index in [1.807, 2.05) is 0 Å². The summed E-state index contributed by atoms with van der Waals surface area (Å²) in [5.41, 5.74) is 9.22. The molecule has 2 aliphatic rings. The first-order valence-electron chi connectivity index (χ1n) is 8.38. The fourth-order valence-corrected chi connectivity index (χ4v) is 3.91. The molecule has 1 aromatic rings. The minimum atomic E-state index is 0.561. The van der Waals surface area contributed by atoms with Gasteiger partial charge in [-0.2, -0.15) is 0 Å². The lowest BCUT2D eigenvalue weighted by molar-refractivity contribution is 0.148. The van der Waals surface area contributed by atoms with Crippen molar-refractivity contribution in [3.8, 4) is 0 Å². The molecule has 0 bridgehead atoms. The molecule has 20 heavy (non-hydrogen) atoms. The van der Waals surface area contributed by atoms with Gasteiger partial charge in [0, 0.05) is 12.1 Å². The van der Waals surface area contributed by atoms with Crippen molar-refractivity contribution in [3.05, 3.63) is 35.4 Å². The number of nitrogens with zero attached hydrogens (tertiary/aromatic N) is 1. The van der Waals surface area contributed by atoms with Gasteiger partial charge in [0.05, 0.1) is 0 Å². The quantitative estimate of drug-likeness (QED) is 0.909. The van der Waals surface area contributed by atoms with Gasteiger partial charge in [0.25, 0.3) is 0 Å². The molecular weight excluding hydrogens is 244 g/mol. The van der Waals surface area contributed by atoms with Crippen LogP contribution in [-0.4, -0.2) is 24.0 Å². The molecule has 110 valence electrons. The van der Waals surface area contributed by atoms with Crippen LogP contribution in [0.2, 0.25) is 0 Å². The molecule has 2 N–H and O–H groups in total. The first-order chi connectivity index (χ1) is 9.85. The van der Waals surface area contributed by atoms with E-state index in [0.29, 0.717) is 12.0 Å². The van der Waals surface area contributed by atoms with Gasteiger partial charge in [-0.05, 0) is 62.2 Å². The minimum Gasteiger partial charge on any atom is -0.330 e. The van der Waals surface area contributed by atoms with E-state index >= 15 is 0 Å². The smallest absolute Gasteiger partial charge is 0.0393 e. The van der Waals surface area contributed by atoms with Crippen molar-refractivity contribution in [2.75, 3.05) is 13.1 Å². The molecule has 1 aliphatic heterocycles. The van der Waals surface area contributed by atoms with Crippen molar-refractivity contribution in [1.82, 2.24) is 4.90 Å². The van der Waals surface area contributed by atoms with Crippen molar-refractivity contribution in [2.45, 2.75) is 57.5 Å². The Morgan fingerprint density at radius 1 is 1.15 bits per heavy atom. The highest BCUT2D eigenvalue weighted by atomic mass is 15.2. The highest BCUT2D eigenvalue weighted by molar-refractivity contribution is 5.31. The molecule has 0 amide bonds. The summed E-state index contributed by atoms with van der Waals surface area (Å²) in [5.74, 6) is 0.630. The lowest BCUT2D eigenvalue weighted by Gasteiger charge is -2.36. The molecule has 1 aliphatic carbocycles. The molecule has 1 heterocycles. The zero-order valence-corrected chi connectivity index (χ0v) is 12.7. The highest BCUT2D eigenvalue weighted by Crippen LogP contribution is 2.42. The predicted octanol–water partition coefficient (Wildman–Crippen LogP) is 3.51. The average Bonchev–Trinajstić information content (AvgIpc) is 3.32. The van der Waals surface area contributed by atoms with Gasteiger partial charge >= 0.3 is 0 Å². The summed E-state index contributed by atoms with van der Waals surface area (Å²) in [6.45, 7) is 4.37. The molecule has 1 aromatic carbocycles. The Bertz CT molecular complexity index is 439. The fourth-order valence-electron chi connectivity index (χ4n) is 3.91. The summed E-state index contributed by atoms with van der Waals surface area (Å²) in [4.78, 5) is 2.79. The van der Waals surface area contributed by atoms with Crippen LogP contribution in [0.25, 0.3) is 0 Å². The third-order valence-corrected chi connectivity index (χ3v) is 5.12. The standard InChI is InChI=1S/C18H28N2/c1-2-14-7-3-4-9-17(14)18-15(13-19)8-5-6-12-20(18)16-10-11-16/h3-4,7,9,15-16,18H,2,5-6,8,10-13,19H2,1H3. The second-order valence-corrected chi connectivity index (χ2v) is 6.46. The van der Waals surface area contributed by atoms with E-state index in [1.165, 1.54) is 44.2 Å². The van der Waals surface area contributed by atoms with Gasteiger partial charge in [-0.15, -0.1) is 0 Å². The second-order valence-electron chi connectivity index (χ2n) is 6.46. The van der Waals surface area contributed by atoms with E-state index in [9.17, 15) is 0 Å². The average molecular weight is 272 g/mol. The largest absolute Gasteiger partial charge is 0.330 e. The Morgan fingerprint density at radius 2 is 1.95 bits per heavy atom. The maximum Gasteiger partial charge on any atom is 0.0393 e. The van der Waals surface area contributed by atoms with Crippen molar-refractivity contribution in [3.63, 3.8) is 0 Å². The van der Waals surface area contributed by atoms with E-state index in [4.69, 9.17) is 5.73 Å². The van der Waals surface area contributed by atoms with Crippen LogP contribution in [0.3, 0.4) is 0 Å². The highest BCUT2D eigenvalue weighted by Gasteiger charge is 2.39. The first kappa shape index (κ1) is 14.1. The van der Waals surface area contributed by atoms with Crippen LogP contribution in [-0.2, 0) is 6.42 Å². The van der Waals surface area contributed by atoms with Crippen LogP contribution in [0.1, 0.15) is 56.2 Å². The zero-order chi connectivity index (χ0) is 13.9. The SMILES string of the molecule is CCc1ccccc1C1C(CN)CCCCN1C1CC1. The van der Waals surface area contributed by atoms with Crippen molar-refractivity contribution >= 4 is 0 Å². The number of likely N-dealkylation sites (tertiary alicyclic amines) is 1. The van der Waals surface area contributed by atoms with Crippen LogP contribution < -0.4 is 5.73 Å². The molecular formula is C18H28N2. The predicted molar refractivity (Wildman–Crippen MR) is 84.7 cm³/mol. The Labute approximate surface area is 123 Å². The monoisotopic (exact) mass is 272 g/mol. The summed E-state index contributed by atoms with van der Waals surface area (Å²) in [6, 6.07) is 10.4. The molecule has 0 spiro atoms. The van der Waals surface area contributed by atoms with Gasteiger partial charge < -0.3 is 5.73 Å². The molecule has 2 unspecified atom stereocenters. The normalized spacial score (nSPS) is 28.3. The van der Waals surface area contributed by atoms with E-state index in [-0.39, 0.29) is 0 Å². The summed E-state index contributed by atoms with van der Waals surface area (Å²) < 4.78 is 0. The summed E-state index contributed by atoms with van der Waals surface area (Å²) in [7, 11) is 0. The summed E-state index contributed by atoms with van der Waals surface area (Å²) in [6.07, 6.45) is 7.89. The van der Waals surface area contributed by atoms with Crippen LogP contribution in [0.5, 0.6) is 0 Å². The first-order valence-corrected chi connectivity index (χ1v) is 8.38. The third kappa shape index (κ3) is 2.77. The molecule has 1 saturated heterocycles. The molecule has 2 atom stereocenters. The maximum absolute atomic E-state index is 6.15. The molecule has 1 saturated carbocycles. The van der Waals surface area contributed by atoms with Crippen LogP contribution in [0, 0.1) is 5.92 Å². The van der Waals surface area contributed by atoms with Gasteiger partial charge in [0.1, 0.15) is 0 Å². The zero-order valence-electron chi connectivity index (χ0n) is 12.7. The van der Waals surface area contributed by atoms with Gasteiger partial charge in [-0.1, -0.05) is 37.6 Å². The number of hydrogen-bond acceptors (Lipinski definition) is 2. The molecule has 2 nitrogen and oxygen atoms in total.